The summed E-state index contributed by atoms with van der Waals surface area (Å²) in [5.41, 5.74) is 1.01. The molecule has 1 saturated carbocycles. The van der Waals surface area contributed by atoms with Gasteiger partial charge < -0.3 is 5.32 Å². The van der Waals surface area contributed by atoms with Gasteiger partial charge in [-0.3, -0.25) is 4.79 Å². The largest absolute Gasteiger partial charge is 0.326 e. The highest BCUT2D eigenvalue weighted by atomic mass is 32.2. The molecule has 0 radical (unpaired) electrons. The number of rotatable bonds is 3. The lowest BCUT2D eigenvalue weighted by Gasteiger charge is -2.12. The summed E-state index contributed by atoms with van der Waals surface area (Å²) in [5, 5.41) is 7.91. The zero-order valence-electron chi connectivity index (χ0n) is 11.2. The number of primary sulfonamides is 1. The van der Waals surface area contributed by atoms with Gasteiger partial charge in [0.25, 0.3) is 0 Å². The number of anilines is 1. The summed E-state index contributed by atoms with van der Waals surface area (Å²) in [6.07, 6.45) is 0.854. The molecule has 0 spiro atoms. The van der Waals surface area contributed by atoms with Crippen molar-refractivity contribution < 1.29 is 13.2 Å². The van der Waals surface area contributed by atoms with Crippen molar-refractivity contribution in [2.24, 2.45) is 16.5 Å². The van der Waals surface area contributed by atoms with E-state index in [0.29, 0.717) is 11.3 Å². The molecule has 1 atom stereocenters. The van der Waals surface area contributed by atoms with E-state index in [2.05, 4.69) is 5.32 Å². The van der Waals surface area contributed by atoms with Crippen LogP contribution in [0.1, 0.15) is 25.8 Å². The monoisotopic (exact) mass is 282 g/mol. The highest BCUT2D eigenvalue weighted by molar-refractivity contribution is 7.89. The summed E-state index contributed by atoms with van der Waals surface area (Å²) in [7, 11) is -3.77. The second-order valence-corrected chi connectivity index (χ2v) is 7.24. The van der Waals surface area contributed by atoms with Crippen LogP contribution in [-0.4, -0.2) is 14.3 Å². The Morgan fingerprint density at radius 3 is 2.47 bits per heavy atom. The first kappa shape index (κ1) is 14.0. The van der Waals surface area contributed by atoms with Crippen molar-refractivity contribution in [2.75, 3.05) is 5.32 Å². The van der Waals surface area contributed by atoms with Crippen LogP contribution in [0.25, 0.3) is 0 Å². The number of amides is 1. The highest BCUT2D eigenvalue weighted by Gasteiger charge is 2.50. The Morgan fingerprint density at radius 1 is 1.42 bits per heavy atom. The van der Waals surface area contributed by atoms with Crippen molar-refractivity contribution in [3.63, 3.8) is 0 Å². The van der Waals surface area contributed by atoms with Crippen molar-refractivity contribution in [1.82, 2.24) is 0 Å². The average molecular weight is 282 g/mol. The predicted octanol–water partition coefficient (Wildman–Crippen LogP) is 1.63. The van der Waals surface area contributed by atoms with Gasteiger partial charge in [0.1, 0.15) is 0 Å². The third-order valence-corrected chi connectivity index (χ3v) is 4.73. The van der Waals surface area contributed by atoms with Gasteiger partial charge >= 0.3 is 0 Å². The van der Waals surface area contributed by atoms with Crippen LogP contribution in [-0.2, 0) is 14.8 Å². The topological polar surface area (TPSA) is 89.3 Å². The predicted molar refractivity (Wildman–Crippen MR) is 73.1 cm³/mol. The van der Waals surface area contributed by atoms with Gasteiger partial charge in [-0.1, -0.05) is 19.9 Å². The van der Waals surface area contributed by atoms with E-state index in [-0.39, 0.29) is 22.1 Å². The number of hydrogen-bond donors (Lipinski definition) is 2. The summed E-state index contributed by atoms with van der Waals surface area (Å²) in [5.74, 6) is -0.0790. The van der Waals surface area contributed by atoms with Crippen LogP contribution in [0.5, 0.6) is 0 Å². The molecular weight excluding hydrogens is 264 g/mol. The first-order valence-corrected chi connectivity index (χ1v) is 7.61. The molecule has 5 nitrogen and oxygen atoms in total. The highest BCUT2D eigenvalue weighted by Crippen LogP contribution is 2.52. The van der Waals surface area contributed by atoms with E-state index in [9.17, 15) is 13.2 Å². The lowest BCUT2D eigenvalue weighted by atomic mass is 10.1. The molecule has 0 aromatic heterocycles. The van der Waals surface area contributed by atoms with Gasteiger partial charge in [0.05, 0.1) is 4.90 Å². The normalized spacial score (nSPS) is 20.9. The van der Waals surface area contributed by atoms with Crippen LogP contribution in [0.3, 0.4) is 0 Å². The molecule has 1 fully saturated rings. The Labute approximate surface area is 113 Å². The van der Waals surface area contributed by atoms with Crippen molar-refractivity contribution in [2.45, 2.75) is 32.1 Å². The summed E-state index contributed by atoms with van der Waals surface area (Å²) >= 11 is 0. The Kier molecular flexibility index (Phi) is 3.18. The average Bonchev–Trinajstić information content (AvgIpc) is 2.89. The molecule has 1 aliphatic rings. The smallest absolute Gasteiger partial charge is 0.238 e. The number of hydrogen-bond acceptors (Lipinski definition) is 3. The summed E-state index contributed by atoms with van der Waals surface area (Å²) in [6, 6.07) is 4.68. The Hall–Kier alpha value is -1.40. The molecule has 1 aliphatic carbocycles. The van der Waals surface area contributed by atoms with Crippen LogP contribution in [0.15, 0.2) is 23.1 Å². The molecule has 19 heavy (non-hydrogen) atoms. The van der Waals surface area contributed by atoms with E-state index in [1.165, 1.54) is 6.07 Å². The van der Waals surface area contributed by atoms with Gasteiger partial charge in [0.15, 0.2) is 0 Å². The number of sulfonamides is 1. The lowest BCUT2D eigenvalue weighted by molar-refractivity contribution is -0.118. The van der Waals surface area contributed by atoms with Gasteiger partial charge in [-0.15, -0.1) is 0 Å². The quantitative estimate of drug-likeness (QED) is 0.883. The maximum absolute atomic E-state index is 12.0. The third-order valence-electron chi connectivity index (χ3n) is 3.68. The third kappa shape index (κ3) is 2.79. The fourth-order valence-electron chi connectivity index (χ4n) is 2.19. The van der Waals surface area contributed by atoms with Crippen LogP contribution in [0.2, 0.25) is 0 Å². The van der Waals surface area contributed by atoms with Gasteiger partial charge in [-0.2, -0.15) is 0 Å². The zero-order valence-corrected chi connectivity index (χ0v) is 12.0. The zero-order chi connectivity index (χ0) is 14.4. The van der Waals surface area contributed by atoms with Crippen LogP contribution in [0, 0.1) is 18.3 Å². The van der Waals surface area contributed by atoms with Crippen molar-refractivity contribution in [1.29, 1.82) is 0 Å². The molecular formula is C13H18N2O3S. The molecule has 1 aromatic rings. The SMILES string of the molecule is Cc1c(NC(=O)C2CC2(C)C)cccc1S(N)(=O)=O. The molecule has 0 bridgehead atoms. The minimum atomic E-state index is -3.77. The van der Waals surface area contributed by atoms with E-state index < -0.39 is 10.0 Å². The standard InChI is InChI=1S/C13H18N2O3S/c1-8-10(5-4-6-11(8)19(14,17)18)15-12(16)9-7-13(9,2)3/h4-6,9H,7H2,1-3H3,(H,15,16)(H2,14,17,18). The van der Waals surface area contributed by atoms with Gasteiger partial charge in [0.2, 0.25) is 15.9 Å². The van der Waals surface area contributed by atoms with Gasteiger partial charge in [-0.05, 0) is 36.5 Å². The molecule has 0 heterocycles. The van der Waals surface area contributed by atoms with E-state index >= 15 is 0 Å². The molecule has 1 amide bonds. The van der Waals surface area contributed by atoms with Gasteiger partial charge in [-0.25, -0.2) is 13.6 Å². The first-order chi connectivity index (χ1) is 8.63. The minimum Gasteiger partial charge on any atom is -0.326 e. The molecule has 0 aliphatic heterocycles. The fourth-order valence-corrected chi connectivity index (χ4v) is 3.00. The number of nitrogens with two attached hydrogens (primary N) is 1. The Balaban J connectivity index is 2.25. The maximum atomic E-state index is 12.0. The van der Waals surface area contributed by atoms with Crippen LogP contribution >= 0.6 is 0 Å². The fraction of sp³-hybridized carbons (Fsp3) is 0.462. The molecule has 3 N–H and O–H groups in total. The summed E-state index contributed by atoms with van der Waals surface area (Å²) < 4.78 is 22.8. The number of nitrogens with one attached hydrogen (secondary N) is 1. The minimum absolute atomic E-state index is 0.00922. The number of benzene rings is 1. The number of carbonyl (C=O) groups excluding carboxylic acids is 1. The molecule has 0 saturated heterocycles. The first-order valence-electron chi connectivity index (χ1n) is 6.06. The summed E-state index contributed by atoms with van der Waals surface area (Å²) in [6.45, 7) is 5.70. The molecule has 104 valence electrons. The Bertz CT molecular complexity index is 635. The maximum Gasteiger partial charge on any atom is 0.238 e. The Morgan fingerprint density at radius 2 is 2.00 bits per heavy atom. The van der Waals surface area contributed by atoms with Crippen molar-refractivity contribution >= 4 is 21.6 Å². The van der Waals surface area contributed by atoms with E-state index in [0.717, 1.165) is 6.42 Å². The molecule has 2 rings (SSSR count). The van der Waals surface area contributed by atoms with E-state index in [1.54, 1.807) is 19.1 Å². The second kappa shape index (κ2) is 4.31. The lowest BCUT2D eigenvalue weighted by Crippen LogP contribution is -2.19. The number of carbonyl (C=O) groups is 1. The molecule has 6 heteroatoms. The van der Waals surface area contributed by atoms with Crippen LogP contribution < -0.4 is 10.5 Å². The van der Waals surface area contributed by atoms with Gasteiger partial charge in [0, 0.05) is 11.6 Å². The summed E-state index contributed by atoms with van der Waals surface area (Å²) in [4.78, 5) is 12.1. The van der Waals surface area contributed by atoms with Crippen molar-refractivity contribution in [3.05, 3.63) is 23.8 Å². The molecule has 1 unspecified atom stereocenters. The van der Waals surface area contributed by atoms with Crippen LogP contribution in [0.4, 0.5) is 5.69 Å². The van der Waals surface area contributed by atoms with E-state index in [4.69, 9.17) is 5.14 Å². The van der Waals surface area contributed by atoms with Crippen molar-refractivity contribution in [3.8, 4) is 0 Å². The second-order valence-electron chi connectivity index (χ2n) is 5.71. The molecule has 1 aromatic carbocycles. The van der Waals surface area contributed by atoms with E-state index in [1.807, 2.05) is 13.8 Å².